The van der Waals surface area contributed by atoms with Crippen LogP contribution in [0, 0.1) is 17.7 Å². The summed E-state index contributed by atoms with van der Waals surface area (Å²) < 4.78 is 18.5. The zero-order chi connectivity index (χ0) is 12.4. The lowest BCUT2D eigenvalue weighted by molar-refractivity contribution is 0.384. The summed E-state index contributed by atoms with van der Waals surface area (Å²) >= 11 is 3.70. The molecule has 0 saturated heterocycles. The lowest BCUT2D eigenvalue weighted by atomic mass is 9.91. The number of methoxy groups -OCH3 is 1. The minimum Gasteiger partial charge on any atom is -0.494 e. The summed E-state index contributed by atoms with van der Waals surface area (Å²) in [6.07, 6.45) is 3.42. The van der Waals surface area contributed by atoms with Crippen molar-refractivity contribution >= 4 is 15.9 Å². The third-order valence-corrected chi connectivity index (χ3v) is 5.13. The SMILES string of the molecule is COc1ccc(CC2CCC(Br)C2C)cc1F. The average Bonchev–Trinajstić information content (AvgIpc) is 2.61. The van der Waals surface area contributed by atoms with Gasteiger partial charge in [0, 0.05) is 4.83 Å². The molecule has 3 unspecified atom stereocenters. The van der Waals surface area contributed by atoms with E-state index in [0.29, 0.717) is 22.4 Å². The van der Waals surface area contributed by atoms with Crippen LogP contribution in [0.25, 0.3) is 0 Å². The topological polar surface area (TPSA) is 9.23 Å². The molecule has 1 fully saturated rings. The highest BCUT2D eigenvalue weighted by Gasteiger charge is 2.30. The number of ether oxygens (including phenoxy) is 1. The van der Waals surface area contributed by atoms with Gasteiger partial charge in [0.15, 0.2) is 11.6 Å². The Kier molecular flexibility index (Phi) is 4.08. The Morgan fingerprint density at radius 2 is 2.18 bits per heavy atom. The molecule has 1 aromatic carbocycles. The molecule has 1 aliphatic carbocycles. The van der Waals surface area contributed by atoms with Crippen LogP contribution in [0.4, 0.5) is 4.39 Å². The molecule has 0 aromatic heterocycles. The second-order valence-electron chi connectivity index (χ2n) is 4.89. The van der Waals surface area contributed by atoms with Crippen molar-refractivity contribution in [3.05, 3.63) is 29.6 Å². The number of rotatable bonds is 3. The molecule has 0 aliphatic heterocycles. The lowest BCUT2D eigenvalue weighted by Crippen LogP contribution is -2.13. The van der Waals surface area contributed by atoms with E-state index in [9.17, 15) is 4.39 Å². The van der Waals surface area contributed by atoms with E-state index >= 15 is 0 Å². The highest BCUT2D eigenvalue weighted by Crippen LogP contribution is 2.38. The summed E-state index contributed by atoms with van der Waals surface area (Å²) in [7, 11) is 1.49. The van der Waals surface area contributed by atoms with Crippen molar-refractivity contribution in [1.29, 1.82) is 0 Å². The maximum absolute atomic E-state index is 13.6. The summed E-state index contributed by atoms with van der Waals surface area (Å²) in [4.78, 5) is 0.621. The second kappa shape index (κ2) is 5.38. The van der Waals surface area contributed by atoms with E-state index in [1.165, 1.54) is 20.0 Å². The number of hydrogen-bond acceptors (Lipinski definition) is 1. The standard InChI is InChI=1S/C14H18BrFO/c1-9-11(4-5-12(9)15)7-10-3-6-14(17-2)13(16)8-10/h3,6,8-9,11-12H,4-5,7H2,1-2H3. The molecule has 3 atom stereocenters. The van der Waals surface area contributed by atoms with Gasteiger partial charge in [0.2, 0.25) is 0 Å². The maximum atomic E-state index is 13.6. The van der Waals surface area contributed by atoms with Crippen molar-refractivity contribution in [1.82, 2.24) is 0 Å². The fourth-order valence-electron chi connectivity index (χ4n) is 2.62. The van der Waals surface area contributed by atoms with E-state index in [1.807, 2.05) is 6.07 Å². The molecule has 0 heterocycles. The van der Waals surface area contributed by atoms with Gasteiger partial charge in [0.05, 0.1) is 7.11 Å². The first kappa shape index (κ1) is 12.9. The van der Waals surface area contributed by atoms with Gasteiger partial charge in [0.25, 0.3) is 0 Å². The molecular weight excluding hydrogens is 283 g/mol. The van der Waals surface area contributed by atoms with Gasteiger partial charge in [0.1, 0.15) is 0 Å². The van der Waals surface area contributed by atoms with E-state index in [-0.39, 0.29) is 5.82 Å². The van der Waals surface area contributed by atoms with Crippen molar-refractivity contribution in [2.45, 2.75) is 31.0 Å². The largest absolute Gasteiger partial charge is 0.494 e. The fraction of sp³-hybridized carbons (Fsp3) is 0.571. The van der Waals surface area contributed by atoms with Crippen molar-refractivity contribution < 1.29 is 9.13 Å². The molecule has 1 nitrogen and oxygen atoms in total. The first-order valence-electron chi connectivity index (χ1n) is 6.08. The third kappa shape index (κ3) is 2.82. The molecule has 3 heteroatoms. The van der Waals surface area contributed by atoms with E-state index in [2.05, 4.69) is 22.9 Å². The molecule has 1 aromatic rings. The summed E-state index contributed by atoms with van der Waals surface area (Å²) in [5.41, 5.74) is 1.07. The quantitative estimate of drug-likeness (QED) is 0.761. The average molecular weight is 301 g/mol. The van der Waals surface area contributed by atoms with Crippen molar-refractivity contribution in [2.24, 2.45) is 11.8 Å². The summed E-state index contributed by atoms with van der Waals surface area (Å²) in [5, 5.41) is 0. The van der Waals surface area contributed by atoms with Crippen LogP contribution in [0.3, 0.4) is 0 Å². The fourth-order valence-corrected chi connectivity index (χ4v) is 3.32. The summed E-state index contributed by atoms with van der Waals surface area (Å²) in [5.74, 6) is 1.39. The highest BCUT2D eigenvalue weighted by atomic mass is 79.9. The first-order valence-corrected chi connectivity index (χ1v) is 7.00. The van der Waals surface area contributed by atoms with E-state index in [4.69, 9.17) is 4.74 Å². The highest BCUT2D eigenvalue weighted by molar-refractivity contribution is 9.09. The van der Waals surface area contributed by atoms with Gasteiger partial charge in [-0.15, -0.1) is 0 Å². The van der Waals surface area contributed by atoms with Gasteiger partial charge < -0.3 is 4.74 Å². The van der Waals surface area contributed by atoms with E-state index < -0.39 is 0 Å². The van der Waals surface area contributed by atoms with Crippen LogP contribution in [0.15, 0.2) is 18.2 Å². The van der Waals surface area contributed by atoms with Crippen LogP contribution in [-0.4, -0.2) is 11.9 Å². The Balaban J connectivity index is 2.06. The summed E-state index contributed by atoms with van der Waals surface area (Å²) in [6, 6.07) is 5.29. The Labute approximate surface area is 110 Å². The van der Waals surface area contributed by atoms with Gasteiger partial charge in [-0.2, -0.15) is 0 Å². The van der Waals surface area contributed by atoms with E-state index in [0.717, 1.165) is 12.0 Å². The lowest BCUT2D eigenvalue weighted by Gasteiger charge is -2.17. The minimum absolute atomic E-state index is 0.258. The number of benzene rings is 1. The second-order valence-corrected chi connectivity index (χ2v) is 6.06. The Morgan fingerprint density at radius 1 is 1.41 bits per heavy atom. The number of halogens is 2. The molecule has 2 rings (SSSR count). The molecule has 94 valence electrons. The van der Waals surface area contributed by atoms with Gasteiger partial charge in [-0.1, -0.05) is 28.9 Å². The van der Waals surface area contributed by atoms with Crippen LogP contribution >= 0.6 is 15.9 Å². The molecule has 0 bridgehead atoms. The molecule has 1 aliphatic rings. The Hall–Kier alpha value is -0.570. The van der Waals surface area contributed by atoms with Gasteiger partial charge in [-0.05, 0) is 48.8 Å². The molecule has 1 saturated carbocycles. The van der Waals surface area contributed by atoms with Crippen molar-refractivity contribution in [3.8, 4) is 5.75 Å². The first-order chi connectivity index (χ1) is 8.11. The Morgan fingerprint density at radius 3 is 2.71 bits per heavy atom. The predicted molar refractivity (Wildman–Crippen MR) is 71.3 cm³/mol. The number of alkyl halides is 1. The number of hydrogen-bond donors (Lipinski definition) is 0. The molecule has 0 spiro atoms. The normalized spacial score (nSPS) is 28.4. The molecule has 0 radical (unpaired) electrons. The summed E-state index contributed by atoms with van der Waals surface area (Å²) in [6.45, 7) is 2.27. The molecular formula is C14H18BrFO. The van der Waals surface area contributed by atoms with Gasteiger partial charge in [-0.3, -0.25) is 0 Å². The molecule has 0 N–H and O–H groups in total. The smallest absolute Gasteiger partial charge is 0.165 e. The minimum atomic E-state index is -0.258. The molecule has 17 heavy (non-hydrogen) atoms. The third-order valence-electron chi connectivity index (χ3n) is 3.84. The van der Waals surface area contributed by atoms with Gasteiger partial charge in [-0.25, -0.2) is 4.39 Å². The zero-order valence-corrected chi connectivity index (χ0v) is 11.8. The van der Waals surface area contributed by atoms with E-state index in [1.54, 1.807) is 12.1 Å². The van der Waals surface area contributed by atoms with Crippen LogP contribution in [0.1, 0.15) is 25.3 Å². The monoisotopic (exact) mass is 300 g/mol. The Bertz CT molecular complexity index is 394. The van der Waals surface area contributed by atoms with Crippen molar-refractivity contribution in [2.75, 3.05) is 7.11 Å². The van der Waals surface area contributed by atoms with Gasteiger partial charge >= 0.3 is 0 Å². The van der Waals surface area contributed by atoms with Crippen molar-refractivity contribution in [3.63, 3.8) is 0 Å². The zero-order valence-electron chi connectivity index (χ0n) is 10.2. The maximum Gasteiger partial charge on any atom is 0.165 e. The molecule has 0 amide bonds. The van der Waals surface area contributed by atoms with Crippen LogP contribution in [-0.2, 0) is 6.42 Å². The van der Waals surface area contributed by atoms with Crippen LogP contribution in [0.5, 0.6) is 5.75 Å². The predicted octanol–water partition coefficient (Wildman–Crippen LogP) is 4.19. The van der Waals surface area contributed by atoms with Crippen LogP contribution in [0.2, 0.25) is 0 Å². The van der Waals surface area contributed by atoms with Crippen LogP contribution < -0.4 is 4.74 Å².